The Labute approximate surface area is 131 Å². The number of carbonyl (C=O) groups excluding carboxylic acids is 1. The van der Waals surface area contributed by atoms with Gasteiger partial charge in [-0.25, -0.2) is 0 Å². The summed E-state index contributed by atoms with van der Waals surface area (Å²) in [5.41, 5.74) is 0. The van der Waals surface area contributed by atoms with Crippen LogP contribution in [-0.2, 0) is 4.79 Å². The van der Waals surface area contributed by atoms with Gasteiger partial charge < -0.3 is 35.4 Å². The van der Waals surface area contributed by atoms with Gasteiger partial charge in [0.25, 0.3) is 0 Å². The molecule has 0 saturated heterocycles. The largest absolute Gasteiger partial charge is 0.376 e. The van der Waals surface area contributed by atoms with Crippen molar-refractivity contribution in [2.45, 2.75) is 0 Å². The summed E-state index contributed by atoms with van der Waals surface area (Å²) in [6, 6.07) is 0. The average molecular weight is 336 g/mol. The standard InChI is InChI=1S/C9H18N6O6.CH2O/c16-1-13(2-17)7-10-8(14(3-18)4-19)12-9(11-7)15(5-20)6-21;1-2/h16-21H,1-6H2;1H2. The summed E-state index contributed by atoms with van der Waals surface area (Å²) in [6.45, 7) is -1.61. The Kier molecular flexibility index (Phi) is 10.3. The number of nitrogens with zero attached hydrogens (tertiary/aromatic N) is 6. The highest BCUT2D eigenvalue weighted by Gasteiger charge is 2.18. The molecule has 6 N–H and O–H groups in total. The molecule has 1 aromatic rings. The normalized spacial score (nSPS) is 9.83. The van der Waals surface area contributed by atoms with Gasteiger partial charge in [-0.15, -0.1) is 0 Å². The summed E-state index contributed by atoms with van der Waals surface area (Å²) in [7, 11) is 0. The van der Waals surface area contributed by atoms with E-state index in [2.05, 4.69) is 15.0 Å². The van der Waals surface area contributed by atoms with E-state index in [1.165, 1.54) is 0 Å². The predicted molar refractivity (Wildman–Crippen MR) is 76.9 cm³/mol. The van der Waals surface area contributed by atoms with Crippen LogP contribution < -0.4 is 14.7 Å². The molecule has 0 aliphatic rings. The van der Waals surface area contributed by atoms with Gasteiger partial charge in [-0.2, -0.15) is 15.0 Å². The van der Waals surface area contributed by atoms with E-state index >= 15 is 0 Å². The van der Waals surface area contributed by atoms with Crippen molar-refractivity contribution >= 4 is 24.6 Å². The van der Waals surface area contributed by atoms with E-state index in [9.17, 15) is 0 Å². The smallest absolute Gasteiger partial charge is 0.235 e. The van der Waals surface area contributed by atoms with Crippen LogP contribution in [0, 0.1) is 0 Å². The molecule has 0 spiro atoms. The Hall–Kier alpha value is -2.16. The first-order chi connectivity index (χ1) is 11.1. The van der Waals surface area contributed by atoms with Crippen molar-refractivity contribution in [1.29, 1.82) is 0 Å². The quantitative estimate of drug-likeness (QED) is 0.238. The van der Waals surface area contributed by atoms with E-state index in [4.69, 9.17) is 35.4 Å². The molecule has 0 radical (unpaired) electrons. The van der Waals surface area contributed by atoms with Crippen LogP contribution in [0.25, 0.3) is 0 Å². The van der Waals surface area contributed by atoms with Gasteiger partial charge in [-0.05, 0) is 0 Å². The molecule has 1 heterocycles. The molecular formula is C10H20N6O7. The zero-order chi connectivity index (χ0) is 17.8. The fourth-order valence-electron chi connectivity index (χ4n) is 1.28. The molecule has 0 atom stereocenters. The predicted octanol–water partition coefficient (Wildman–Crippen LogP) is -4.20. The molecular weight excluding hydrogens is 316 g/mol. The lowest BCUT2D eigenvalue weighted by Gasteiger charge is -2.24. The number of aliphatic hydroxyl groups excluding tert-OH is 6. The summed E-state index contributed by atoms with van der Waals surface area (Å²) >= 11 is 0. The average Bonchev–Trinajstić information content (AvgIpc) is 2.60. The van der Waals surface area contributed by atoms with Gasteiger partial charge in [0.2, 0.25) is 17.8 Å². The lowest BCUT2D eigenvalue weighted by atomic mass is 10.6. The topological polar surface area (TPSA) is 187 Å². The van der Waals surface area contributed by atoms with E-state index in [1.807, 2.05) is 6.79 Å². The number of hydrogen-bond acceptors (Lipinski definition) is 13. The molecule has 0 unspecified atom stereocenters. The van der Waals surface area contributed by atoms with Crippen LogP contribution in [0.2, 0.25) is 0 Å². The first kappa shape index (κ1) is 20.8. The number of anilines is 3. The Morgan fingerprint density at radius 2 is 0.739 bits per heavy atom. The Balaban J connectivity index is 0.00000232. The molecule has 0 saturated carbocycles. The molecule has 1 aromatic heterocycles. The summed E-state index contributed by atoms with van der Waals surface area (Å²) in [4.78, 5) is 22.5. The number of hydrogen-bond donors (Lipinski definition) is 6. The van der Waals surface area contributed by atoms with Crippen LogP contribution in [0.15, 0.2) is 0 Å². The molecule has 0 aliphatic heterocycles. The molecule has 23 heavy (non-hydrogen) atoms. The SMILES string of the molecule is C=O.OCN(CO)c1nc(N(CO)CO)nc(N(CO)CO)n1. The van der Waals surface area contributed by atoms with Gasteiger partial charge in [0, 0.05) is 0 Å². The maximum Gasteiger partial charge on any atom is 0.235 e. The van der Waals surface area contributed by atoms with Crippen molar-refractivity contribution < 1.29 is 35.4 Å². The van der Waals surface area contributed by atoms with Crippen LogP contribution >= 0.6 is 0 Å². The van der Waals surface area contributed by atoms with Crippen LogP contribution in [0.4, 0.5) is 17.8 Å². The second kappa shape index (κ2) is 11.4. The third kappa shape index (κ3) is 5.51. The highest BCUT2D eigenvalue weighted by atomic mass is 16.3. The second-order valence-corrected chi connectivity index (χ2v) is 3.70. The van der Waals surface area contributed by atoms with E-state index in [0.29, 0.717) is 0 Å². The zero-order valence-corrected chi connectivity index (χ0v) is 12.2. The van der Waals surface area contributed by atoms with Crippen molar-refractivity contribution in [3.8, 4) is 0 Å². The highest BCUT2D eigenvalue weighted by molar-refractivity contribution is 5.45. The van der Waals surface area contributed by atoms with Gasteiger partial charge in [0.1, 0.15) is 47.2 Å². The molecule has 0 fully saturated rings. The molecule has 0 amide bonds. The second-order valence-electron chi connectivity index (χ2n) is 3.70. The Bertz CT molecular complexity index is 367. The summed E-state index contributed by atoms with van der Waals surface area (Å²) < 4.78 is 0. The lowest BCUT2D eigenvalue weighted by Crippen LogP contribution is -2.34. The van der Waals surface area contributed by atoms with Crippen LogP contribution in [0.5, 0.6) is 0 Å². The third-order valence-corrected chi connectivity index (χ3v) is 2.47. The fourth-order valence-corrected chi connectivity index (χ4v) is 1.28. The van der Waals surface area contributed by atoms with Gasteiger partial charge in [0.15, 0.2) is 0 Å². The molecule has 1 rings (SSSR count). The van der Waals surface area contributed by atoms with E-state index in [-0.39, 0.29) is 17.8 Å². The number of aliphatic hydroxyl groups is 6. The maximum absolute atomic E-state index is 9.11. The summed E-state index contributed by atoms with van der Waals surface area (Å²) in [6.07, 6.45) is 0. The lowest BCUT2D eigenvalue weighted by molar-refractivity contribution is -0.0980. The maximum atomic E-state index is 9.11. The fraction of sp³-hybridized carbons (Fsp3) is 0.600. The van der Waals surface area contributed by atoms with Crippen molar-refractivity contribution in [2.75, 3.05) is 55.1 Å². The van der Waals surface area contributed by atoms with Crippen molar-refractivity contribution in [1.82, 2.24) is 15.0 Å². The number of rotatable bonds is 9. The van der Waals surface area contributed by atoms with Crippen molar-refractivity contribution in [2.24, 2.45) is 0 Å². The molecule has 132 valence electrons. The monoisotopic (exact) mass is 336 g/mol. The zero-order valence-electron chi connectivity index (χ0n) is 12.2. The van der Waals surface area contributed by atoms with Crippen LogP contribution in [0.3, 0.4) is 0 Å². The summed E-state index contributed by atoms with van der Waals surface area (Å²) in [5, 5.41) is 54.6. The highest BCUT2D eigenvalue weighted by Crippen LogP contribution is 2.17. The number of carbonyl (C=O) groups is 1. The minimum absolute atomic E-state index is 0.168. The minimum atomic E-state index is -0.601. The van der Waals surface area contributed by atoms with E-state index < -0.39 is 40.4 Å². The van der Waals surface area contributed by atoms with E-state index in [0.717, 1.165) is 14.7 Å². The van der Waals surface area contributed by atoms with Crippen molar-refractivity contribution in [3.05, 3.63) is 0 Å². The van der Waals surface area contributed by atoms with Gasteiger partial charge >= 0.3 is 0 Å². The van der Waals surface area contributed by atoms with E-state index in [1.54, 1.807) is 0 Å². The van der Waals surface area contributed by atoms with Gasteiger partial charge in [0.05, 0.1) is 0 Å². The van der Waals surface area contributed by atoms with Gasteiger partial charge in [-0.1, -0.05) is 0 Å². The van der Waals surface area contributed by atoms with Gasteiger partial charge in [-0.3, -0.25) is 14.7 Å². The third-order valence-electron chi connectivity index (χ3n) is 2.47. The molecule has 0 aliphatic carbocycles. The Morgan fingerprint density at radius 1 is 0.565 bits per heavy atom. The van der Waals surface area contributed by atoms with Crippen LogP contribution in [-0.4, -0.2) is 92.8 Å². The molecule has 0 bridgehead atoms. The number of aromatic nitrogens is 3. The minimum Gasteiger partial charge on any atom is -0.376 e. The first-order valence-electron chi connectivity index (χ1n) is 6.10. The molecule has 0 aromatic carbocycles. The summed E-state index contributed by atoms with van der Waals surface area (Å²) in [5.74, 6) is -0.503. The molecule has 13 nitrogen and oxygen atoms in total. The molecule has 13 heteroatoms. The first-order valence-corrected chi connectivity index (χ1v) is 6.10. The van der Waals surface area contributed by atoms with Crippen LogP contribution in [0.1, 0.15) is 0 Å². The Morgan fingerprint density at radius 3 is 0.870 bits per heavy atom. The van der Waals surface area contributed by atoms with Crippen molar-refractivity contribution in [3.63, 3.8) is 0 Å².